The lowest BCUT2D eigenvalue weighted by molar-refractivity contribution is -0.0598. The highest BCUT2D eigenvalue weighted by molar-refractivity contribution is 5.69. The van der Waals surface area contributed by atoms with Crippen molar-refractivity contribution in [2.24, 2.45) is 0 Å². The van der Waals surface area contributed by atoms with Crippen LogP contribution < -0.4 is 0 Å². The molecule has 2 aliphatic rings. The van der Waals surface area contributed by atoms with Crippen molar-refractivity contribution in [2.45, 2.75) is 83.2 Å². The Bertz CT molecular complexity index is 744. The summed E-state index contributed by atoms with van der Waals surface area (Å²) in [6.45, 7) is 6.23. The topological polar surface area (TPSA) is 87.8 Å². The zero-order valence-electron chi connectivity index (χ0n) is 16.1. The minimum absolute atomic E-state index is 0.0200. The number of carbonyl (C=O) groups is 1. The van der Waals surface area contributed by atoms with Gasteiger partial charge in [-0.25, -0.2) is 4.79 Å². The number of ether oxygens (including phenoxy) is 1. The third-order valence-corrected chi connectivity index (χ3v) is 5.10. The predicted octanol–water partition coefficient (Wildman–Crippen LogP) is 2.17. The molecule has 0 radical (unpaired) electrons. The molecule has 1 aromatic rings. The normalized spacial score (nSPS) is 27.6. The first-order chi connectivity index (χ1) is 12.4. The molecule has 152 valence electrons. The van der Waals surface area contributed by atoms with Gasteiger partial charge < -0.3 is 19.8 Å². The van der Waals surface area contributed by atoms with E-state index in [0.717, 1.165) is 4.68 Å². The molecule has 0 aromatic carbocycles. The van der Waals surface area contributed by atoms with Crippen LogP contribution in [0, 0.1) is 0 Å². The van der Waals surface area contributed by atoms with Gasteiger partial charge in [0.2, 0.25) is 0 Å². The van der Waals surface area contributed by atoms with Crippen molar-refractivity contribution in [3.05, 3.63) is 17.0 Å². The van der Waals surface area contributed by atoms with Gasteiger partial charge in [0.25, 0.3) is 5.92 Å². The van der Waals surface area contributed by atoms with E-state index < -0.39 is 36.2 Å². The molecule has 9 heteroatoms. The van der Waals surface area contributed by atoms with Crippen LogP contribution >= 0.6 is 0 Å². The van der Waals surface area contributed by atoms with Gasteiger partial charge in [0.05, 0.1) is 25.4 Å². The molecular formula is C18H27F2N3O4. The van der Waals surface area contributed by atoms with Gasteiger partial charge in [-0.15, -0.1) is 0 Å². The summed E-state index contributed by atoms with van der Waals surface area (Å²) < 4.78 is 36.3. The van der Waals surface area contributed by atoms with Gasteiger partial charge in [0.1, 0.15) is 16.9 Å². The molecule has 0 spiro atoms. The zero-order valence-corrected chi connectivity index (χ0v) is 16.1. The van der Waals surface area contributed by atoms with Gasteiger partial charge in [0.15, 0.2) is 0 Å². The summed E-state index contributed by atoms with van der Waals surface area (Å²) >= 11 is 0. The van der Waals surface area contributed by atoms with E-state index in [2.05, 4.69) is 5.10 Å². The fourth-order valence-electron chi connectivity index (χ4n) is 3.68. The van der Waals surface area contributed by atoms with Crippen molar-refractivity contribution in [3.8, 4) is 0 Å². The number of halogens is 2. The quantitative estimate of drug-likeness (QED) is 0.771. The van der Waals surface area contributed by atoms with Gasteiger partial charge in [0, 0.05) is 24.4 Å². The Morgan fingerprint density at radius 3 is 2.63 bits per heavy atom. The van der Waals surface area contributed by atoms with Crippen LogP contribution in [0.3, 0.4) is 0 Å². The van der Waals surface area contributed by atoms with E-state index in [9.17, 15) is 23.8 Å². The number of amides is 1. The third-order valence-electron chi connectivity index (χ3n) is 5.10. The van der Waals surface area contributed by atoms with Crippen LogP contribution in [-0.2, 0) is 30.2 Å². The Kier molecular flexibility index (Phi) is 4.75. The van der Waals surface area contributed by atoms with Crippen LogP contribution in [0.5, 0.6) is 0 Å². The molecule has 3 rings (SSSR count). The Labute approximate surface area is 156 Å². The highest BCUT2D eigenvalue weighted by Crippen LogP contribution is 2.43. The number of aliphatic hydroxyl groups excluding tert-OH is 1. The molecule has 27 heavy (non-hydrogen) atoms. The van der Waals surface area contributed by atoms with Crippen molar-refractivity contribution in [1.29, 1.82) is 0 Å². The first kappa shape index (κ1) is 20.0. The molecule has 1 unspecified atom stereocenters. The molecule has 2 N–H and O–H groups in total. The first-order valence-electron chi connectivity index (χ1n) is 9.15. The lowest BCUT2D eigenvalue weighted by Gasteiger charge is -2.35. The van der Waals surface area contributed by atoms with E-state index in [4.69, 9.17) is 4.74 Å². The second-order valence-electron chi connectivity index (χ2n) is 8.68. The maximum Gasteiger partial charge on any atom is 0.410 e. The smallest absolute Gasteiger partial charge is 0.410 e. The van der Waals surface area contributed by atoms with E-state index in [0.29, 0.717) is 17.7 Å². The number of alkyl halides is 2. The Hall–Kier alpha value is -1.74. The number of aliphatic hydroxyl groups is 2. The summed E-state index contributed by atoms with van der Waals surface area (Å²) in [6, 6.07) is -0.253. The Balaban J connectivity index is 1.98. The minimum Gasteiger partial charge on any atom is -0.444 e. The van der Waals surface area contributed by atoms with Crippen LogP contribution in [0.15, 0.2) is 0 Å². The number of aromatic nitrogens is 2. The molecule has 0 fully saturated rings. The van der Waals surface area contributed by atoms with Crippen LogP contribution in [0.4, 0.5) is 13.6 Å². The number of nitrogens with zero attached hydrogens (tertiary/aromatic N) is 3. The molecule has 1 aromatic heterocycles. The number of hydrogen-bond donors (Lipinski definition) is 2. The lowest BCUT2D eigenvalue weighted by atomic mass is 9.94. The summed E-state index contributed by atoms with van der Waals surface area (Å²) in [7, 11) is 0. The second kappa shape index (κ2) is 6.41. The number of carbonyl (C=O) groups excluding carboxylic acids is 1. The Morgan fingerprint density at radius 1 is 1.37 bits per heavy atom. The van der Waals surface area contributed by atoms with Crippen LogP contribution in [0.2, 0.25) is 0 Å². The molecule has 7 nitrogen and oxygen atoms in total. The monoisotopic (exact) mass is 387 g/mol. The van der Waals surface area contributed by atoms with Crippen molar-refractivity contribution >= 4 is 6.09 Å². The largest absolute Gasteiger partial charge is 0.444 e. The fourth-order valence-corrected chi connectivity index (χ4v) is 3.68. The first-order valence-corrected chi connectivity index (χ1v) is 9.15. The van der Waals surface area contributed by atoms with Crippen molar-refractivity contribution in [1.82, 2.24) is 14.7 Å². The van der Waals surface area contributed by atoms with Crippen LogP contribution in [-0.4, -0.2) is 54.8 Å². The molecule has 3 heterocycles. The van der Waals surface area contributed by atoms with E-state index in [1.807, 2.05) is 6.92 Å². The van der Waals surface area contributed by atoms with Gasteiger partial charge in [-0.2, -0.15) is 13.9 Å². The van der Waals surface area contributed by atoms with Crippen LogP contribution in [0.1, 0.15) is 57.5 Å². The number of fused-ring (bicyclic) bond motifs is 3. The number of hydrogen-bond acceptors (Lipinski definition) is 5. The van der Waals surface area contributed by atoms with Crippen molar-refractivity contribution < 1.29 is 28.5 Å². The average molecular weight is 387 g/mol. The van der Waals surface area contributed by atoms with Crippen molar-refractivity contribution in [2.75, 3.05) is 6.61 Å². The Morgan fingerprint density at radius 2 is 2.04 bits per heavy atom. The molecule has 0 bridgehead atoms. The molecule has 2 atom stereocenters. The van der Waals surface area contributed by atoms with E-state index >= 15 is 0 Å². The van der Waals surface area contributed by atoms with Gasteiger partial charge >= 0.3 is 6.09 Å². The molecule has 0 saturated heterocycles. The van der Waals surface area contributed by atoms with Crippen molar-refractivity contribution in [3.63, 3.8) is 0 Å². The summed E-state index contributed by atoms with van der Waals surface area (Å²) in [5.41, 5.74) is -1.79. The molecule has 1 amide bonds. The second-order valence-corrected chi connectivity index (χ2v) is 8.68. The van der Waals surface area contributed by atoms with Gasteiger partial charge in [-0.05, 0) is 34.1 Å². The zero-order chi connectivity index (χ0) is 20.2. The SMILES string of the molecule is C[C@@H]1Cc2nn3c(c2CN1C(=O)OC(C)(C)C)C(F)(F)CCC(O)(CO)C3. The molecule has 2 aliphatic heterocycles. The minimum atomic E-state index is -3.21. The molecule has 0 aliphatic carbocycles. The van der Waals surface area contributed by atoms with E-state index in [1.54, 1.807) is 20.8 Å². The highest BCUT2D eigenvalue weighted by atomic mass is 19.3. The third kappa shape index (κ3) is 3.80. The lowest BCUT2D eigenvalue weighted by Crippen LogP contribution is -2.45. The van der Waals surface area contributed by atoms with Gasteiger partial charge in [-0.3, -0.25) is 4.68 Å². The molecular weight excluding hydrogens is 360 g/mol. The van der Waals surface area contributed by atoms with E-state index in [1.165, 1.54) is 4.90 Å². The number of rotatable bonds is 1. The predicted molar refractivity (Wildman–Crippen MR) is 92.3 cm³/mol. The maximum absolute atomic E-state index is 14.9. The molecule has 0 saturated carbocycles. The van der Waals surface area contributed by atoms with Gasteiger partial charge in [-0.1, -0.05) is 0 Å². The summed E-state index contributed by atoms with van der Waals surface area (Å²) in [5.74, 6) is -3.21. The summed E-state index contributed by atoms with van der Waals surface area (Å²) in [4.78, 5) is 14.0. The average Bonchev–Trinajstić information content (AvgIpc) is 2.83. The highest BCUT2D eigenvalue weighted by Gasteiger charge is 2.48. The van der Waals surface area contributed by atoms with Crippen LogP contribution in [0.25, 0.3) is 0 Å². The fraction of sp³-hybridized carbons (Fsp3) is 0.778. The standard InChI is InChI=1S/C18H27F2N3O4/c1-11-7-13-12(8-22(11)15(25)27-16(2,3)4)14-18(19,20)6-5-17(26,10-24)9-23(14)21-13/h11,24,26H,5-10H2,1-4H3/t11-,17?/m1/s1. The van der Waals surface area contributed by atoms with E-state index in [-0.39, 0.29) is 31.2 Å². The summed E-state index contributed by atoms with van der Waals surface area (Å²) in [6.07, 6.45) is -1.06. The maximum atomic E-state index is 14.9. The summed E-state index contributed by atoms with van der Waals surface area (Å²) in [5, 5.41) is 24.1.